The number of fused-ring (bicyclic) bond motifs is 2. The number of ether oxygens (including phenoxy) is 1. The number of thiazole rings is 1. The van der Waals surface area contributed by atoms with Gasteiger partial charge in [-0.1, -0.05) is 11.6 Å². The van der Waals surface area contributed by atoms with Crippen molar-refractivity contribution in [2.45, 2.75) is 26.9 Å². The SMILES string of the molecule is Cc1cc([C@@H](C)Oc2ccc(Cl)nc2C(N)=O)c2oc(-c3cnc4scnc4c3)c(C)c(=O)c2c1. The van der Waals surface area contributed by atoms with E-state index in [0.29, 0.717) is 33.4 Å². The molecule has 4 heterocycles. The first-order valence-electron chi connectivity index (χ1n) is 10.6. The molecule has 0 aliphatic rings. The van der Waals surface area contributed by atoms with Crippen molar-refractivity contribution < 1.29 is 13.9 Å². The van der Waals surface area contributed by atoms with E-state index in [4.69, 9.17) is 26.5 Å². The average Bonchev–Trinajstić information content (AvgIpc) is 3.30. The third kappa shape index (κ3) is 4.13. The number of benzene rings is 1. The molecule has 1 amide bonds. The highest BCUT2D eigenvalue weighted by molar-refractivity contribution is 7.16. The number of rotatable bonds is 5. The van der Waals surface area contributed by atoms with E-state index in [2.05, 4.69) is 15.0 Å². The highest BCUT2D eigenvalue weighted by atomic mass is 35.5. The van der Waals surface area contributed by atoms with Gasteiger partial charge in [-0.15, -0.1) is 11.3 Å². The Hall–Kier alpha value is -3.82. The maximum Gasteiger partial charge on any atom is 0.271 e. The van der Waals surface area contributed by atoms with E-state index in [1.165, 1.54) is 23.5 Å². The van der Waals surface area contributed by atoms with Crippen LogP contribution in [0.15, 0.2) is 51.3 Å². The summed E-state index contributed by atoms with van der Waals surface area (Å²) in [6, 6.07) is 8.55. The second-order valence-electron chi connectivity index (χ2n) is 8.12. The summed E-state index contributed by atoms with van der Waals surface area (Å²) >= 11 is 7.35. The zero-order chi connectivity index (χ0) is 24.9. The van der Waals surface area contributed by atoms with E-state index >= 15 is 0 Å². The van der Waals surface area contributed by atoms with Crippen molar-refractivity contribution >= 4 is 50.2 Å². The lowest BCUT2D eigenvalue weighted by Gasteiger charge is -2.19. The Bertz CT molecular complexity index is 1700. The van der Waals surface area contributed by atoms with E-state index in [1.807, 2.05) is 19.1 Å². The number of nitrogens with two attached hydrogens (primary N) is 1. The molecule has 10 heteroatoms. The Kier molecular flexibility index (Phi) is 5.74. The summed E-state index contributed by atoms with van der Waals surface area (Å²) in [6.07, 6.45) is 1.06. The number of aromatic nitrogens is 3. The van der Waals surface area contributed by atoms with Crippen LogP contribution in [-0.4, -0.2) is 20.9 Å². The molecular weight excluding hydrogens is 488 g/mol. The molecular formula is C25H19ClN4O4S. The minimum absolute atomic E-state index is 0.0815. The van der Waals surface area contributed by atoms with Crippen LogP contribution in [0, 0.1) is 13.8 Å². The van der Waals surface area contributed by atoms with Crippen LogP contribution in [0.4, 0.5) is 0 Å². The van der Waals surface area contributed by atoms with Crippen LogP contribution in [0.1, 0.15) is 40.2 Å². The van der Waals surface area contributed by atoms with Crippen LogP contribution in [0.2, 0.25) is 5.15 Å². The van der Waals surface area contributed by atoms with Gasteiger partial charge in [-0.25, -0.2) is 15.0 Å². The molecule has 2 N–H and O–H groups in total. The molecule has 0 saturated carbocycles. The molecule has 5 rings (SSSR count). The number of hydrogen-bond donors (Lipinski definition) is 1. The number of nitrogens with zero attached hydrogens (tertiary/aromatic N) is 3. The Morgan fingerprint density at radius 1 is 1.20 bits per heavy atom. The van der Waals surface area contributed by atoms with Crippen molar-refractivity contribution in [2.24, 2.45) is 5.73 Å². The second kappa shape index (κ2) is 8.75. The standard InChI is InChI=1S/C25H19ClN4O4S/c1-11-6-15(13(3)33-18-4-5-19(26)30-20(18)24(27)32)23-16(7-11)21(31)12(2)22(34-23)14-8-17-25(28-9-14)35-10-29-17/h4-10,13H,1-3H3,(H2,27,32)/t13-/m1/s1. The monoisotopic (exact) mass is 506 g/mol. The molecule has 0 saturated heterocycles. The lowest BCUT2D eigenvalue weighted by atomic mass is 10.00. The number of aryl methyl sites for hydroxylation is 1. The van der Waals surface area contributed by atoms with E-state index in [9.17, 15) is 9.59 Å². The number of pyridine rings is 2. The number of hydrogen-bond acceptors (Lipinski definition) is 8. The summed E-state index contributed by atoms with van der Waals surface area (Å²) in [5.41, 5.74) is 10.7. The van der Waals surface area contributed by atoms with Gasteiger partial charge in [0.05, 0.1) is 10.9 Å². The molecule has 0 aliphatic carbocycles. The number of amides is 1. The van der Waals surface area contributed by atoms with Crippen molar-refractivity contribution in [3.63, 3.8) is 0 Å². The van der Waals surface area contributed by atoms with Crippen molar-refractivity contribution in [1.29, 1.82) is 0 Å². The summed E-state index contributed by atoms with van der Waals surface area (Å²) in [6.45, 7) is 5.40. The highest BCUT2D eigenvalue weighted by Gasteiger charge is 2.22. The van der Waals surface area contributed by atoms with E-state index < -0.39 is 12.0 Å². The topological polar surface area (TPSA) is 121 Å². The van der Waals surface area contributed by atoms with Crippen LogP contribution in [0.3, 0.4) is 0 Å². The van der Waals surface area contributed by atoms with E-state index in [0.717, 1.165) is 15.9 Å². The molecule has 0 fully saturated rings. The third-order valence-electron chi connectivity index (χ3n) is 5.64. The predicted molar refractivity (Wildman–Crippen MR) is 135 cm³/mol. The second-order valence-corrected chi connectivity index (χ2v) is 9.34. The van der Waals surface area contributed by atoms with Gasteiger partial charge in [-0.2, -0.15) is 0 Å². The number of carbonyl (C=O) groups excluding carboxylic acids is 1. The minimum atomic E-state index is -0.766. The van der Waals surface area contributed by atoms with Crippen molar-refractivity contribution in [3.8, 4) is 17.1 Å². The Labute approximate surface area is 208 Å². The first-order valence-corrected chi connectivity index (χ1v) is 11.9. The van der Waals surface area contributed by atoms with Crippen molar-refractivity contribution in [1.82, 2.24) is 15.0 Å². The van der Waals surface area contributed by atoms with Crippen LogP contribution in [0.5, 0.6) is 5.75 Å². The smallest absolute Gasteiger partial charge is 0.271 e. The van der Waals surface area contributed by atoms with Crippen LogP contribution < -0.4 is 15.9 Å². The molecule has 176 valence electrons. The molecule has 35 heavy (non-hydrogen) atoms. The summed E-state index contributed by atoms with van der Waals surface area (Å²) < 4.78 is 12.4. The van der Waals surface area contributed by atoms with Crippen LogP contribution in [0.25, 0.3) is 32.6 Å². The summed E-state index contributed by atoms with van der Waals surface area (Å²) in [5.74, 6) is -0.178. The highest BCUT2D eigenvalue weighted by Crippen LogP contribution is 2.34. The van der Waals surface area contributed by atoms with E-state index in [1.54, 1.807) is 31.6 Å². The van der Waals surface area contributed by atoms with Gasteiger partial charge in [0, 0.05) is 22.9 Å². The molecule has 4 aromatic heterocycles. The molecule has 0 unspecified atom stereocenters. The number of halogens is 1. The van der Waals surface area contributed by atoms with Gasteiger partial charge >= 0.3 is 0 Å². The molecule has 0 radical (unpaired) electrons. The van der Waals surface area contributed by atoms with Gasteiger partial charge in [-0.05, 0) is 56.7 Å². The molecule has 1 aromatic carbocycles. The van der Waals surface area contributed by atoms with Crippen molar-refractivity contribution in [3.05, 3.63) is 79.8 Å². The molecule has 0 bridgehead atoms. The average molecular weight is 507 g/mol. The van der Waals surface area contributed by atoms with Crippen LogP contribution >= 0.6 is 22.9 Å². The fourth-order valence-electron chi connectivity index (χ4n) is 3.97. The Morgan fingerprint density at radius 3 is 2.77 bits per heavy atom. The molecule has 8 nitrogen and oxygen atoms in total. The zero-order valence-corrected chi connectivity index (χ0v) is 20.5. The van der Waals surface area contributed by atoms with Gasteiger partial charge in [0.15, 0.2) is 16.9 Å². The van der Waals surface area contributed by atoms with Crippen LogP contribution in [-0.2, 0) is 0 Å². The Balaban J connectivity index is 1.67. The van der Waals surface area contributed by atoms with E-state index in [-0.39, 0.29) is 22.0 Å². The van der Waals surface area contributed by atoms with Gasteiger partial charge in [0.25, 0.3) is 5.91 Å². The number of primary amides is 1. The van der Waals surface area contributed by atoms with Gasteiger partial charge < -0.3 is 14.9 Å². The van der Waals surface area contributed by atoms with Gasteiger partial charge in [0.1, 0.15) is 32.9 Å². The fraction of sp³-hybridized carbons (Fsp3) is 0.160. The first-order chi connectivity index (χ1) is 16.7. The summed E-state index contributed by atoms with van der Waals surface area (Å²) in [5, 5.41) is 0.556. The maximum absolute atomic E-state index is 13.4. The normalized spacial score (nSPS) is 12.2. The lowest BCUT2D eigenvalue weighted by Crippen LogP contribution is -2.17. The first kappa shape index (κ1) is 22.9. The molecule has 0 aliphatic heterocycles. The van der Waals surface area contributed by atoms with Gasteiger partial charge in [0.2, 0.25) is 0 Å². The quantitative estimate of drug-likeness (QED) is 0.318. The summed E-state index contributed by atoms with van der Waals surface area (Å²) in [7, 11) is 0. The fourth-order valence-corrected chi connectivity index (χ4v) is 4.73. The largest absolute Gasteiger partial charge is 0.483 e. The minimum Gasteiger partial charge on any atom is -0.483 e. The predicted octanol–water partition coefficient (Wildman–Crippen LogP) is 5.37. The third-order valence-corrected chi connectivity index (χ3v) is 6.60. The lowest BCUT2D eigenvalue weighted by molar-refractivity contribution is 0.0988. The van der Waals surface area contributed by atoms with Crippen molar-refractivity contribution in [2.75, 3.05) is 0 Å². The molecule has 0 spiro atoms. The molecule has 5 aromatic rings. The molecule has 1 atom stereocenters. The van der Waals surface area contributed by atoms with Gasteiger partial charge in [-0.3, -0.25) is 9.59 Å². The number of carbonyl (C=O) groups is 1. The Morgan fingerprint density at radius 2 is 2.00 bits per heavy atom. The zero-order valence-electron chi connectivity index (χ0n) is 19.0. The summed E-state index contributed by atoms with van der Waals surface area (Å²) in [4.78, 5) is 38.8. The maximum atomic E-state index is 13.4.